The molecular formula is C29H33N3O3. The van der Waals surface area contributed by atoms with Gasteiger partial charge < -0.3 is 14.6 Å². The van der Waals surface area contributed by atoms with E-state index in [0.29, 0.717) is 38.7 Å². The molecule has 0 aliphatic heterocycles. The van der Waals surface area contributed by atoms with Crippen molar-refractivity contribution in [3.63, 3.8) is 0 Å². The van der Waals surface area contributed by atoms with Gasteiger partial charge in [0, 0.05) is 38.9 Å². The molecule has 0 bridgehead atoms. The number of rotatable bonds is 12. The van der Waals surface area contributed by atoms with Gasteiger partial charge in [-0.15, -0.1) is 0 Å². The first-order chi connectivity index (χ1) is 17.1. The van der Waals surface area contributed by atoms with Crippen LogP contribution in [0.3, 0.4) is 0 Å². The fourth-order valence-corrected chi connectivity index (χ4v) is 4.11. The van der Waals surface area contributed by atoms with Crippen molar-refractivity contribution in [3.05, 3.63) is 102 Å². The molecule has 4 aromatic rings. The van der Waals surface area contributed by atoms with Gasteiger partial charge in [0.15, 0.2) is 0 Å². The highest BCUT2D eigenvalue weighted by Crippen LogP contribution is 2.34. The van der Waals surface area contributed by atoms with Crippen LogP contribution < -0.4 is 4.74 Å². The molecule has 3 aromatic carbocycles. The second-order valence-corrected chi connectivity index (χ2v) is 8.51. The molecule has 182 valence electrons. The summed E-state index contributed by atoms with van der Waals surface area (Å²) in [6.45, 7) is 4.50. The molecule has 0 saturated heterocycles. The first kappa shape index (κ1) is 24.7. The smallest absolute Gasteiger partial charge is 0.222 e. The summed E-state index contributed by atoms with van der Waals surface area (Å²) in [4.78, 5) is 2.22. The Kier molecular flexibility index (Phi) is 8.68. The summed E-state index contributed by atoms with van der Waals surface area (Å²) in [6.07, 6.45) is -0.603. The van der Waals surface area contributed by atoms with E-state index in [0.717, 1.165) is 22.6 Å². The molecule has 0 aliphatic carbocycles. The van der Waals surface area contributed by atoms with Crippen LogP contribution >= 0.6 is 0 Å². The lowest BCUT2D eigenvalue weighted by molar-refractivity contribution is 0.0179. The first-order valence-corrected chi connectivity index (χ1v) is 12.0. The standard InChI is InChI=1S/C29H33N3O3/c1-3-34-22-25(33)20-32(19-23-13-7-4-8-14-23)21-27-28(24-15-9-5-10-16-24)30-31(2)29(27)35-26-17-11-6-12-18-26/h4-18,25,33H,3,19-22H2,1-2H3/t25-/m0/s1. The van der Waals surface area contributed by atoms with Crippen molar-refractivity contribution < 1.29 is 14.6 Å². The lowest BCUT2D eigenvalue weighted by atomic mass is 10.1. The summed E-state index contributed by atoms with van der Waals surface area (Å²) >= 11 is 0. The minimum absolute atomic E-state index is 0.299. The highest BCUT2D eigenvalue weighted by Gasteiger charge is 2.23. The van der Waals surface area contributed by atoms with Gasteiger partial charge in [-0.05, 0) is 24.6 Å². The lowest BCUT2D eigenvalue weighted by Gasteiger charge is -2.25. The molecule has 6 nitrogen and oxygen atoms in total. The van der Waals surface area contributed by atoms with E-state index in [1.165, 1.54) is 5.56 Å². The van der Waals surface area contributed by atoms with Crippen LogP contribution in [0.25, 0.3) is 11.3 Å². The molecular weight excluding hydrogens is 438 g/mol. The molecule has 1 aromatic heterocycles. The van der Waals surface area contributed by atoms with Gasteiger partial charge in [-0.2, -0.15) is 5.10 Å². The number of nitrogens with zero attached hydrogens (tertiary/aromatic N) is 3. The zero-order valence-corrected chi connectivity index (χ0v) is 20.4. The molecule has 0 aliphatic rings. The lowest BCUT2D eigenvalue weighted by Crippen LogP contribution is -2.34. The molecule has 35 heavy (non-hydrogen) atoms. The van der Waals surface area contributed by atoms with E-state index in [9.17, 15) is 5.11 Å². The molecule has 0 spiro atoms. The zero-order chi connectivity index (χ0) is 24.5. The maximum Gasteiger partial charge on any atom is 0.222 e. The summed E-state index contributed by atoms with van der Waals surface area (Å²) in [5.41, 5.74) is 4.04. The van der Waals surface area contributed by atoms with E-state index in [1.807, 2.05) is 80.7 Å². The molecule has 0 saturated carbocycles. The number of aliphatic hydroxyl groups excluding tert-OH is 1. The predicted octanol–water partition coefficient (Wildman–Crippen LogP) is 5.28. The number of hydrogen-bond donors (Lipinski definition) is 1. The van der Waals surface area contributed by atoms with Gasteiger partial charge in [0.1, 0.15) is 11.4 Å². The number of para-hydroxylation sites is 1. The predicted molar refractivity (Wildman–Crippen MR) is 138 cm³/mol. The third kappa shape index (κ3) is 6.79. The Bertz CT molecular complexity index is 1160. The fourth-order valence-electron chi connectivity index (χ4n) is 4.11. The number of hydrogen-bond acceptors (Lipinski definition) is 5. The van der Waals surface area contributed by atoms with Crippen LogP contribution in [0.2, 0.25) is 0 Å². The molecule has 1 atom stereocenters. The molecule has 0 radical (unpaired) electrons. The Balaban J connectivity index is 1.70. The van der Waals surface area contributed by atoms with Crippen molar-refractivity contribution >= 4 is 0 Å². The highest BCUT2D eigenvalue weighted by atomic mass is 16.5. The number of ether oxygens (including phenoxy) is 2. The zero-order valence-electron chi connectivity index (χ0n) is 20.4. The molecule has 1 heterocycles. The number of benzene rings is 3. The molecule has 0 unspecified atom stereocenters. The third-order valence-corrected chi connectivity index (χ3v) is 5.71. The van der Waals surface area contributed by atoms with Crippen molar-refractivity contribution in [2.45, 2.75) is 26.1 Å². The largest absolute Gasteiger partial charge is 0.439 e. The average Bonchev–Trinajstić information content (AvgIpc) is 3.19. The van der Waals surface area contributed by atoms with Crippen LogP contribution in [-0.2, 0) is 24.9 Å². The van der Waals surface area contributed by atoms with Crippen LogP contribution in [-0.4, -0.2) is 45.6 Å². The Labute approximate surface area is 207 Å². The maximum atomic E-state index is 10.7. The monoisotopic (exact) mass is 471 g/mol. The van der Waals surface area contributed by atoms with E-state index in [2.05, 4.69) is 29.2 Å². The van der Waals surface area contributed by atoms with Crippen molar-refractivity contribution in [1.29, 1.82) is 0 Å². The summed E-state index contributed by atoms with van der Waals surface area (Å²) in [6, 6.07) is 30.2. The van der Waals surface area contributed by atoms with Gasteiger partial charge in [0.25, 0.3) is 0 Å². The molecule has 6 heteroatoms. The van der Waals surface area contributed by atoms with Gasteiger partial charge in [-0.3, -0.25) is 4.90 Å². The molecule has 0 fully saturated rings. The molecule has 4 rings (SSSR count). The van der Waals surface area contributed by atoms with E-state index in [-0.39, 0.29) is 0 Å². The van der Waals surface area contributed by atoms with Gasteiger partial charge in [0.2, 0.25) is 5.88 Å². The number of aliphatic hydroxyl groups is 1. The fraction of sp³-hybridized carbons (Fsp3) is 0.276. The topological polar surface area (TPSA) is 59.8 Å². The number of aromatic nitrogens is 2. The third-order valence-electron chi connectivity index (χ3n) is 5.71. The second-order valence-electron chi connectivity index (χ2n) is 8.51. The van der Waals surface area contributed by atoms with Crippen LogP contribution in [0.15, 0.2) is 91.0 Å². The van der Waals surface area contributed by atoms with Crippen molar-refractivity contribution in [2.75, 3.05) is 19.8 Å². The van der Waals surface area contributed by atoms with Crippen LogP contribution in [0.5, 0.6) is 11.6 Å². The van der Waals surface area contributed by atoms with Crippen molar-refractivity contribution in [3.8, 4) is 22.9 Å². The van der Waals surface area contributed by atoms with Gasteiger partial charge in [-0.25, -0.2) is 4.68 Å². The summed E-state index contributed by atoms with van der Waals surface area (Å²) < 4.78 is 13.6. The minimum Gasteiger partial charge on any atom is -0.439 e. The van der Waals surface area contributed by atoms with Crippen LogP contribution in [0.1, 0.15) is 18.1 Å². The van der Waals surface area contributed by atoms with Crippen LogP contribution in [0.4, 0.5) is 0 Å². The van der Waals surface area contributed by atoms with E-state index < -0.39 is 6.10 Å². The SMILES string of the molecule is CCOC[C@@H](O)CN(Cc1ccccc1)Cc1c(-c2ccccc2)nn(C)c1Oc1ccccc1. The quantitative estimate of drug-likeness (QED) is 0.305. The molecule has 1 N–H and O–H groups in total. The Morgan fingerprint density at radius 3 is 2.17 bits per heavy atom. The normalized spacial score (nSPS) is 12.1. The van der Waals surface area contributed by atoms with E-state index >= 15 is 0 Å². The minimum atomic E-state index is -0.603. The molecule has 0 amide bonds. The summed E-state index contributed by atoms with van der Waals surface area (Å²) in [7, 11) is 1.90. The number of aryl methyl sites for hydroxylation is 1. The Hall–Kier alpha value is -3.45. The first-order valence-electron chi connectivity index (χ1n) is 12.0. The second kappa shape index (κ2) is 12.3. The van der Waals surface area contributed by atoms with Gasteiger partial charge in [0.05, 0.1) is 18.3 Å². The van der Waals surface area contributed by atoms with Gasteiger partial charge >= 0.3 is 0 Å². The van der Waals surface area contributed by atoms with Gasteiger partial charge in [-0.1, -0.05) is 78.9 Å². The summed E-state index contributed by atoms with van der Waals surface area (Å²) in [5.74, 6) is 1.44. The average molecular weight is 472 g/mol. The van der Waals surface area contributed by atoms with Crippen LogP contribution in [0, 0.1) is 0 Å². The summed E-state index contributed by atoms with van der Waals surface area (Å²) in [5, 5.41) is 15.5. The Morgan fingerprint density at radius 1 is 0.886 bits per heavy atom. The Morgan fingerprint density at radius 2 is 1.51 bits per heavy atom. The van der Waals surface area contributed by atoms with Crippen molar-refractivity contribution in [2.24, 2.45) is 7.05 Å². The van der Waals surface area contributed by atoms with E-state index in [1.54, 1.807) is 4.68 Å². The van der Waals surface area contributed by atoms with Crippen molar-refractivity contribution in [1.82, 2.24) is 14.7 Å². The van der Waals surface area contributed by atoms with E-state index in [4.69, 9.17) is 14.6 Å². The highest BCUT2D eigenvalue weighted by molar-refractivity contribution is 5.65. The maximum absolute atomic E-state index is 10.7.